The van der Waals surface area contributed by atoms with Gasteiger partial charge < -0.3 is 19.7 Å². The highest BCUT2D eigenvalue weighted by Gasteiger charge is 2.36. The van der Waals surface area contributed by atoms with Gasteiger partial charge in [0.1, 0.15) is 11.9 Å². The Labute approximate surface area is 202 Å². The van der Waals surface area contributed by atoms with Crippen LogP contribution in [0.4, 0.5) is 17.7 Å². The van der Waals surface area contributed by atoms with E-state index >= 15 is 0 Å². The summed E-state index contributed by atoms with van der Waals surface area (Å²) in [7, 11) is 2.11. The Balaban J connectivity index is 1.28. The number of likely N-dealkylation sites (tertiary alicyclic amines) is 1. The van der Waals surface area contributed by atoms with Gasteiger partial charge in [-0.1, -0.05) is 12.8 Å². The largest absolute Gasteiger partial charge is 0.341 e. The first-order valence-corrected chi connectivity index (χ1v) is 13.4. The van der Waals surface area contributed by atoms with Crippen molar-refractivity contribution in [2.75, 3.05) is 29.9 Å². The number of carbonyl (C=O) groups is 1. The number of nitrogens with one attached hydrogen (secondary N) is 1. The van der Waals surface area contributed by atoms with Crippen LogP contribution in [-0.4, -0.2) is 56.0 Å². The third-order valence-electron chi connectivity index (χ3n) is 8.41. The molecule has 1 N–H and O–H groups in total. The van der Waals surface area contributed by atoms with Gasteiger partial charge in [-0.25, -0.2) is 9.97 Å². The van der Waals surface area contributed by atoms with Crippen molar-refractivity contribution < 1.29 is 4.79 Å². The van der Waals surface area contributed by atoms with Crippen LogP contribution in [0, 0.1) is 0 Å². The Morgan fingerprint density at radius 2 is 1.76 bits per heavy atom. The van der Waals surface area contributed by atoms with Crippen LogP contribution >= 0.6 is 0 Å². The minimum atomic E-state index is -0.132. The predicted octanol–water partition coefficient (Wildman–Crippen LogP) is 4.08. The fraction of sp³-hybridized carbons (Fsp3) is 0.692. The molecular formula is C26H37N7O. The third-order valence-corrected chi connectivity index (χ3v) is 8.41. The van der Waals surface area contributed by atoms with Gasteiger partial charge in [0.2, 0.25) is 17.8 Å². The number of rotatable bonds is 5. The number of amides is 1. The molecule has 4 aliphatic rings. The molecule has 3 fully saturated rings. The molecule has 1 saturated carbocycles. The summed E-state index contributed by atoms with van der Waals surface area (Å²) >= 11 is 0. The predicted molar refractivity (Wildman–Crippen MR) is 133 cm³/mol. The summed E-state index contributed by atoms with van der Waals surface area (Å²) in [5.41, 5.74) is 3.67. The van der Waals surface area contributed by atoms with Gasteiger partial charge in [0.15, 0.2) is 0 Å². The smallest absolute Gasteiger partial charge is 0.245 e. The summed E-state index contributed by atoms with van der Waals surface area (Å²) in [5, 5.41) is 3.57. The number of fused-ring (bicyclic) bond motifs is 1. The summed E-state index contributed by atoms with van der Waals surface area (Å²) in [6.07, 6.45) is 15.6. The van der Waals surface area contributed by atoms with Crippen molar-refractivity contribution in [3.05, 3.63) is 23.1 Å². The van der Waals surface area contributed by atoms with Gasteiger partial charge in [-0.2, -0.15) is 4.98 Å². The average Bonchev–Trinajstić information content (AvgIpc) is 3.66. The lowest BCUT2D eigenvalue weighted by Crippen LogP contribution is -2.48. The zero-order valence-electron chi connectivity index (χ0n) is 20.4. The standard InChI is InChI=1S/C26H37N7O/c1-31-22(18-9-3-4-10-18)17-27-25(31)29-23-19-11-7-12-20(19)28-26(30-23)33-16-8-13-21(33)24(34)32-14-5-2-6-15-32/h17-18,21H,2-16H2,1H3,(H,27,28,29,30)/t21-/m1/s1. The number of imidazole rings is 1. The molecular weight excluding hydrogens is 426 g/mol. The maximum absolute atomic E-state index is 13.4. The number of nitrogens with zero attached hydrogens (tertiary/aromatic N) is 6. The van der Waals surface area contributed by atoms with Crippen molar-refractivity contribution >= 4 is 23.6 Å². The monoisotopic (exact) mass is 463 g/mol. The molecule has 0 unspecified atom stereocenters. The second kappa shape index (κ2) is 9.19. The fourth-order valence-electron chi connectivity index (χ4n) is 6.48. The van der Waals surface area contributed by atoms with E-state index in [4.69, 9.17) is 15.0 Å². The normalized spacial score (nSPS) is 23.0. The van der Waals surface area contributed by atoms with Crippen LogP contribution in [0.25, 0.3) is 0 Å². The van der Waals surface area contributed by atoms with E-state index in [1.165, 1.54) is 43.4 Å². The number of anilines is 3. The van der Waals surface area contributed by atoms with E-state index in [-0.39, 0.29) is 11.9 Å². The quantitative estimate of drug-likeness (QED) is 0.720. The van der Waals surface area contributed by atoms with Crippen molar-refractivity contribution in [2.45, 2.75) is 89.0 Å². The first-order valence-electron chi connectivity index (χ1n) is 13.4. The van der Waals surface area contributed by atoms with Crippen LogP contribution in [0.3, 0.4) is 0 Å². The minimum absolute atomic E-state index is 0.132. The Morgan fingerprint density at radius 1 is 0.941 bits per heavy atom. The van der Waals surface area contributed by atoms with Gasteiger partial charge in [-0.05, 0) is 64.2 Å². The minimum Gasteiger partial charge on any atom is -0.341 e. The van der Waals surface area contributed by atoms with Crippen LogP contribution in [-0.2, 0) is 24.7 Å². The topological polar surface area (TPSA) is 79.2 Å². The van der Waals surface area contributed by atoms with Gasteiger partial charge in [0.25, 0.3) is 0 Å². The van der Waals surface area contributed by atoms with E-state index in [2.05, 4.69) is 26.7 Å². The Hall–Kier alpha value is -2.64. The molecule has 2 aromatic rings. The Bertz CT molecular complexity index is 1050. The van der Waals surface area contributed by atoms with Crippen LogP contribution < -0.4 is 10.2 Å². The number of piperidine rings is 1. The van der Waals surface area contributed by atoms with Gasteiger partial charge in [-0.3, -0.25) is 4.79 Å². The van der Waals surface area contributed by atoms with Gasteiger partial charge >= 0.3 is 0 Å². The molecule has 1 atom stereocenters. The molecule has 2 saturated heterocycles. The van der Waals surface area contributed by atoms with Gasteiger partial charge in [0, 0.05) is 43.9 Å². The second-order valence-corrected chi connectivity index (χ2v) is 10.6. The van der Waals surface area contributed by atoms with Gasteiger partial charge in [0.05, 0.1) is 11.9 Å². The Kier molecular flexibility index (Phi) is 5.91. The van der Waals surface area contributed by atoms with Crippen LogP contribution in [0.1, 0.15) is 87.1 Å². The highest BCUT2D eigenvalue weighted by Crippen LogP contribution is 2.36. The van der Waals surface area contributed by atoms with E-state index in [0.717, 1.165) is 82.0 Å². The molecule has 6 rings (SSSR count). The molecule has 0 bridgehead atoms. The first-order chi connectivity index (χ1) is 16.7. The summed E-state index contributed by atoms with van der Waals surface area (Å²) in [6.45, 7) is 2.63. The summed E-state index contributed by atoms with van der Waals surface area (Å²) < 4.78 is 2.21. The SMILES string of the molecule is Cn1c(C2CCCC2)cnc1Nc1nc(N2CCC[C@@H]2C(=O)N2CCCCC2)nc2c1CCC2. The lowest BCUT2D eigenvalue weighted by atomic mass is 10.1. The van der Waals surface area contributed by atoms with Crippen molar-refractivity contribution in [1.82, 2.24) is 24.4 Å². The van der Waals surface area contributed by atoms with Crippen LogP contribution in [0.15, 0.2) is 6.20 Å². The zero-order valence-corrected chi connectivity index (χ0v) is 20.4. The molecule has 0 radical (unpaired) electrons. The second-order valence-electron chi connectivity index (χ2n) is 10.6. The molecule has 34 heavy (non-hydrogen) atoms. The molecule has 2 aromatic heterocycles. The summed E-state index contributed by atoms with van der Waals surface area (Å²) in [4.78, 5) is 32.3. The third kappa shape index (κ3) is 3.95. The van der Waals surface area contributed by atoms with Crippen LogP contribution in [0.2, 0.25) is 0 Å². The number of carbonyl (C=O) groups excluding carboxylic acids is 1. The molecule has 8 heteroatoms. The highest BCUT2D eigenvalue weighted by atomic mass is 16.2. The number of hydrogen-bond donors (Lipinski definition) is 1. The number of hydrogen-bond acceptors (Lipinski definition) is 6. The van der Waals surface area contributed by atoms with Crippen molar-refractivity contribution in [3.8, 4) is 0 Å². The van der Waals surface area contributed by atoms with E-state index in [0.29, 0.717) is 11.9 Å². The van der Waals surface area contributed by atoms with Crippen molar-refractivity contribution in [1.29, 1.82) is 0 Å². The van der Waals surface area contributed by atoms with E-state index in [1.54, 1.807) is 0 Å². The lowest BCUT2D eigenvalue weighted by molar-refractivity contribution is -0.133. The molecule has 2 aliphatic heterocycles. The molecule has 2 aliphatic carbocycles. The summed E-state index contributed by atoms with van der Waals surface area (Å²) in [5.74, 6) is 3.32. The van der Waals surface area contributed by atoms with E-state index in [9.17, 15) is 4.79 Å². The van der Waals surface area contributed by atoms with Crippen molar-refractivity contribution in [2.24, 2.45) is 7.05 Å². The molecule has 4 heterocycles. The van der Waals surface area contributed by atoms with E-state index < -0.39 is 0 Å². The molecule has 8 nitrogen and oxygen atoms in total. The molecule has 182 valence electrons. The zero-order chi connectivity index (χ0) is 23.1. The average molecular weight is 464 g/mol. The summed E-state index contributed by atoms with van der Waals surface area (Å²) in [6, 6.07) is -0.132. The maximum Gasteiger partial charge on any atom is 0.245 e. The highest BCUT2D eigenvalue weighted by molar-refractivity contribution is 5.85. The Morgan fingerprint density at radius 3 is 2.59 bits per heavy atom. The number of aromatic nitrogens is 4. The molecule has 0 aromatic carbocycles. The molecule has 1 amide bonds. The maximum atomic E-state index is 13.4. The van der Waals surface area contributed by atoms with Crippen molar-refractivity contribution in [3.63, 3.8) is 0 Å². The van der Waals surface area contributed by atoms with Gasteiger partial charge in [-0.15, -0.1) is 0 Å². The molecule has 0 spiro atoms. The first kappa shape index (κ1) is 21.9. The number of aryl methyl sites for hydroxylation is 1. The van der Waals surface area contributed by atoms with E-state index in [1.807, 2.05) is 6.20 Å². The van der Waals surface area contributed by atoms with Crippen LogP contribution in [0.5, 0.6) is 0 Å². The lowest BCUT2D eigenvalue weighted by Gasteiger charge is -2.32. The fourth-order valence-corrected chi connectivity index (χ4v) is 6.48.